The third kappa shape index (κ3) is 6.61. The first-order valence-corrected chi connectivity index (χ1v) is 11.0. The average molecular weight is 402 g/mol. The molecule has 2 aliphatic rings. The first-order chi connectivity index (χ1) is 14.2. The fourth-order valence-electron chi connectivity index (χ4n) is 4.06. The first-order valence-electron chi connectivity index (χ1n) is 11.0. The van der Waals surface area contributed by atoms with E-state index in [2.05, 4.69) is 33.5 Å². The molecule has 1 amide bonds. The zero-order valence-corrected chi connectivity index (χ0v) is 17.8. The molecule has 1 aliphatic heterocycles. The number of amides is 1. The molecule has 0 unspecified atom stereocenters. The highest BCUT2D eigenvalue weighted by atomic mass is 16.5. The van der Waals surface area contributed by atoms with Crippen molar-refractivity contribution < 1.29 is 9.53 Å². The monoisotopic (exact) mass is 401 g/mol. The Balaban J connectivity index is 1.51. The van der Waals surface area contributed by atoms with Gasteiger partial charge in [-0.15, -0.1) is 0 Å². The number of rotatable bonds is 7. The zero-order chi connectivity index (χ0) is 20.5. The van der Waals surface area contributed by atoms with Crippen LogP contribution in [0, 0.1) is 5.92 Å². The maximum Gasteiger partial charge on any atom is 0.220 e. The third-order valence-electron chi connectivity index (χ3n) is 5.80. The topological polar surface area (TPSA) is 78.9 Å². The molecule has 7 heteroatoms. The van der Waals surface area contributed by atoms with Crippen molar-refractivity contribution in [2.45, 2.75) is 64.5 Å². The highest BCUT2D eigenvalue weighted by Crippen LogP contribution is 2.23. The average Bonchev–Trinajstić information content (AvgIpc) is 3.26. The van der Waals surface area contributed by atoms with Gasteiger partial charge in [-0.3, -0.25) is 4.79 Å². The van der Waals surface area contributed by atoms with Gasteiger partial charge < -0.3 is 20.3 Å². The molecule has 160 valence electrons. The molecule has 1 aliphatic carbocycles. The van der Waals surface area contributed by atoms with Crippen molar-refractivity contribution in [2.24, 2.45) is 10.9 Å². The minimum Gasteiger partial charge on any atom is -0.474 e. The summed E-state index contributed by atoms with van der Waals surface area (Å²) in [6, 6.07) is 4.01. The maximum absolute atomic E-state index is 11.6. The van der Waals surface area contributed by atoms with E-state index in [1.54, 1.807) is 7.05 Å². The van der Waals surface area contributed by atoms with Gasteiger partial charge in [0, 0.05) is 45.4 Å². The summed E-state index contributed by atoms with van der Waals surface area (Å²) < 4.78 is 5.94. The Kier molecular flexibility index (Phi) is 8.14. The van der Waals surface area contributed by atoms with Gasteiger partial charge in [-0.2, -0.15) is 0 Å². The summed E-state index contributed by atoms with van der Waals surface area (Å²) in [6.07, 6.45) is 9.66. The lowest BCUT2D eigenvalue weighted by atomic mass is 9.93. The number of pyridine rings is 1. The molecule has 0 spiro atoms. The fourth-order valence-corrected chi connectivity index (χ4v) is 4.06. The van der Waals surface area contributed by atoms with Crippen molar-refractivity contribution >= 4 is 11.9 Å². The number of hydrogen-bond donors (Lipinski definition) is 2. The highest BCUT2D eigenvalue weighted by Gasteiger charge is 2.23. The van der Waals surface area contributed by atoms with Gasteiger partial charge >= 0.3 is 0 Å². The number of aliphatic imine (C=N–C) groups is 1. The number of nitrogens with one attached hydrogen (secondary N) is 2. The van der Waals surface area contributed by atoms with Gasteiger partial charge in [0.2, 0.25) is 11.8 Å². The Hall–Kier alpha value is -2.31. The Bertz CT molecular complexity index is 662. The second-order valence-electron chi connectivity index (χ2n) is 8.01. The summed E-state index contributed by atoms with van der Waals surface area (Å²) in [7, 11) is 1.70. The number of hydrogen-bond acceptors (Lipinski definition) is 4. The van der Waals surface area contributed by atoms with E-state index in [1.165, 1.54) is 12.8 Å². The molecule has 0 atom stereocenters. The van der Waals surface area contributed by atoms with Gasteiger partial charge in [-0.1, -0.05) is 6.07 Å². The normalized spacial score (nSPS) is 18.7. The van der Waals surface area contributed by atoms with E-state index < -0.39 is 0 Å². The Morgan fingerprint density at radius 2 is 2.00 bits per heavy atom. The highest BCUT2D eigenvalue weighted by molar-refractivity contribution is 5.80. The number of carbonyl (C=O) groups is 1. The van der Waals surface area contributed by atoms with Crippen LogP contribution < -0.4 is 15.4 Å². The number of guanidine groups is 1. The molecule has 1 saturated carbocycles. The number of nitrogens with zero attached hydrogens (tertiary/aromatic N) is 3. The quantitative estimate of drug-likeness (QED) is 0.543. The van der Waals surface area contributed by atoms with E-state index in [1.807, 2.05) is 12.3 Å². The lowest BCUT2D eigenvalue weighted by Crippen LogP contribution is -2.46. The van der Waals surface area contributed by atoms with Crippen molar-refractivity contribution in [3.8, 4) is 5.88 Å². The summed E-state index contributed by atoms with van der Waals surface area (Å²) in [4.78, 5) is 23.2. The minimum absolute atomic E-state index is 0.136. The molecule has 29 heavy (non-hydrogen) atoms. The molecular formula is C22H35N5O2. The van der Waals surface area contributed by atoms with Gasteiger partial charge in [-0.05, 0) is 56.9 Å². The smallest absolute Gasteiger partial charge is 0.220 e. The van der Waals surface area contributed by atoms with Crippen LogP contribution in [0.1, 0.15) is 57.4 Å². The molecule has 3 rings (SSSR count). The van der Waals surface area contributed by atoms with E-state index in [-0.39, 0.29) is 5.91 Å². The molecule has 0 aromatic carbocycles. The van der Waals surface area contributed by atoms with Crippen LogP contribution in [0.3, 0.4) is 0 Å². The molecule has 1 saturated heterocycles. The molecule has 2 heterocycles. The van der Waals surface area contributed by atoms with Gasteiger partial charge in [-0.25, -0.2) is 9.98 Å². The van der Waals surface area contributed by atoms with Gasteiger partial charge in [0.05, 0.1) is 6.54 Å². The summed E-state index contributed by atoms with van der Waals surface area (Å²) in [5, 5.41) is 6.13. The maximum atomic E-state index is 11.6. The largest absolute Gasteiger partial charge is 0.474 e. The first kappa shape index (κ1) is 21.4. The molecule has 0 radical (unpaired) electrons. The standard InChI is InChI=1S/C22H35N5O2/c1-3-24-22(27-12-10-17(11-13-27)14-20(28)23-2)26-16-18-8-9-21(25-15-18)29-19-6-4-5-7-19/h8-9,15,17,19H,3-7,10-14,16H2,1-2H3,(H,23,28)(H,24,26). The van der Waals surface area contributed by atoms with E-state index in [0.29, 0.717) is 25.0 Å². The Labute approximate surface area is 174 Å². The number of likely N-dealkylation sites (tertiary alicyclic amines) is 1. The summed E-state index contributed by atoms with van der Waals surface area (Å²) in [5.74, 6) is 2.26. The fraction of sp³-hybridized carbons (Fsp3) is 0.682. The minimum atomic E-state index is 0.136. The summed E-state index contributed by atoms with van der Waals surface area (Å²) >= 11 is 0. The van der Waals surface area contributed by atoms with Crippen molar-refractivity contribution in [1.29, 1.82) is 0 Å². The van der Waals surface area contributed by atoms with Crippen LogP contribution in [0.4, 0.5) is 0 Å². The van der Waals surface area contributed by atoms with Crippen molar-refractivity contribution in [1.82, 2.24) is 20.5 Å². The van der Waals surface area contributed by atoms with Gasteiger partial charge in [0.25, 0.3) is 0 Å². The van der Waals surface area contributed by atoms with Crippen LogP contribution in [-0.4, -0.2) is 54.5 Å². The van der Waals surface area contributed by atoms with Crippen LogP contribution in [0.2, 0.25) is 0 Å². The van der Waals surface area contributed by atoms with Crippen LogP contribution in [0.25, 0.3) is 0 Å². The van der Waals surface area contributed by atoms with Gasteiger partial charge in [0.15, 0.2) is 5.96 Å². The van der Waals surface area contributed by atoms with Crippen LogP contribution in [-0.2, 0) is 11.3 Å². The van der Waals surface area contributed by atoms with E-state index >= 15 is 0 Å². The second-order valence-corrected chi connectivity index (χ2v) is 8.01. The molecule has 2 fully saturated rings. The van der Waals surface area contributed by atoms with Crippen molar-refractivity contribution in [3.63, 3.8) is 0 Å². The second kappa shape index (κ2) is 11.0. The molecule has 7 nitrogen and oxygen atoms in total. The zero-order valence-electron chi connectivity index (χ0n) is 17.8. The Morgan fingerprint density at radius 1 is 1.24 bits per heavy atom. The number of ether oxygens (including phenoxy) is 1. The predicted molar refractivity (Wildman–Crippen MR) is 115 cm³/mol. The lowest BCUT2D eigenvalue weighted by Gasteiger charge is -2.34. The van der Waals surface area contributed by atoms with E-state index in [0.717, 1.165) is 62.7 Å². The summed E-state index contributed by atoms with van der Waals surface area (Å²) in [6.45, 7) is 5.38. The number of aromatic nitrogens is 1. The third-order valence-corrected chi connectivity index (χ3v) is 5.80. The lowest BCUT2D eigenvalue weighted by molar-refractivity contribution is -0.121. The van der Waals surface area contributed by atoms with Crippen molar-refractivity contribution in [2.75, 3.05) is 26.7 Å². The molecule has 0 bridgehead atoms. The van der Waals surface area contributed by atoms with Crippen LogP contribution >= 0.6 is 0 Å². The van der Waals surface area contributed by atoms with E-state index in [4.69, 9.17) is 9.73 Å². The van der Waals surface area contributed by atoms with E-state index in [9.17, 15) is 4.79 Å². The SMILES string of the molecule is CCNC(=NCc1ccc(OC2CCCC2)nc1)N1CCC(CC(=O)NC)CC1. The molecule has 1 aromatic heterocycles. The van der Waals surface area contributed by atoms with Crippen LogP contribution in [0.15, 0.2) is 23.3 Å². The number of piperidine rings is 1. The Morgan fingerprint density at radius 3 is 2.62 bits per heavy atom. The molecular weight excluding hydrogens is 366 g/mol. The van der Waals surface area contributed by atoms with Crippen LogP contribution in [0.5, 0.6) is 5.88 Å². The molecule has 1 aromatic rings. The number of carbonyl (C=O) groups excluding carboxylic acids is 1. The van der Waals surface area contributed by atoms with Gasteiger partial charge in [0.1, 0.15) is 6.10 Å². The molecule has 2 N–H and O–H groups in total. The summed E-state index contributed by atoms with van der Waals surface area (Å²) in [5.41, 5.74) is 1.08. The predicted octanol–water partition coefficient (Wildman–Crippen LogP) is 2.72. The van der Waals surface area contributed by atoms with Crippen molar-refractivity contribution in [3.05, 3.63) is 23.9 Å².